The van der Waals surface area contributed by atoms with Gasteiger partial charge in [-0.15, -0.1) is 0 Å². The van der Waals surface area contributed by atoms with Crippen molar-refractivity contribution >= 4 is 58.3 Å². The Morgan fingerprint density at radius 1 is 0.917 bits per heavy atom. The van der Waals surface area contributed by atoms with E-state index in [0.29, 0.717) is 0 Å². The van der Waals surface area contributed by atoms with Crippen LogP contribution < -0.4 is 37.0 Å². The Labute approximate surface area is 155 Å². The van der Waals surface area contributed by atoms with Crippen LogP contribution in [0.15, 0.2) is 45.7 Å². The molecule has 0 bridgehead atoms. The molecule has 24 heavy (non-hydrogen) atoms. The van der Waals surface area contributed by atoms with Gasteiger partial charge in [-0.05, 0) is 0 Å². The molecule has 0 aromatic carbocycles. The van der Waals surface area contributed by atoms with E-state index in [9.17, 15) is 34.2 Å². The van der Waals surface area contributed by atoms with Gasteiger partial charge in [-0.25, -0.2) is 4.79 Å². The molecule has 3 rings (SSSR count). The van der Waals surface area contributed by atoms with E-state index in [4.69, 9.17) is 0 Å². The van der Waals surface area contributed by atoms with Crippen molar-refractivity contribution in [2.75, 3.05) is 0 Å². The quantitative estimate of drug-likeness (QED) is 0.295. The second kappa shape index (κ2) is 10.3. The standard InChI is InChI=1S/C2HNO6.C2HO6P.CO4.Ca/c4-1(5)7-3-8-2(6)9-3;3-1(4)6-9-7-2(5)8-9;2-1-3-5-4-1;/h(H,4,5);(H,3,4);;/q;;;+2/p-2. The minimum absolute atomic E-state index is 0. The van der Waals surface area contributed by atoms with Crippen LogP contribution in [0, 0.1) is 0 Å². The van der Waals surface area contributed by atoms with Gasteiger partial charge in [-0.3, -0.25) is 9.05 Å². The van der Waals surface area contributed by atoms with E-state index < -0.39 is 38.0 Å². The molecule has 3 aromatic heterocycles. The molecule has 0 amide bonds. The van der Waals surface area contributed by atoms with Gasteiger partial charge >= 0.3 is 63.4 Å². The molecule has 0 radical (unpaired) electrons. The predicted octanol–water partition coefficient (Wildman–Crippen LogP) is -3.76. The molecule has 0 aliphatic rings. The summed E-state index contributed by atoms with van der Waals surface area (Å²) in [6.07, 6.45) is -3.64. The fourth-order valence-electron chi connectivity index (χ4n) is 0.515. The van der Waals surface area contributed by atoms with Gasteiger partial charge in [0.05, 0.1) is 5.08 Å². The number of rotatable bonds is 2. The molecule has 0 aliphatic carbocycles. The maximum atomic E-state index is 9.77. The van der Waals surface area contributed by atoms with Gasteiger partial charge in [0.1, 0.15) is 0 Å². The predicted molar refractivity (Wildman–Crippen MR) is 54.4 cm³/mol. The normalized spacial score (nSPS) is 8.83. The van der Waals surface area contributed by atoms with E-state index in [1.807, 2.05) is 0 Å². The Kier molecular flexibility index (Phi) is 9.25. The van der Waals surface area contributed by atoms with Crippen molar-refractivity contribution in [2.24, 2.45) is 0 Å². The minimum Gasteiger partial charge on any atom is -0.443 e. The number of nitrogens with zero attached hydrogens (tertiary/aromatic N) is 1. The van der Waals surface area contributed by atoms with Gasteiger partial charge in [0.15, 0.2) is 0 Å². The molecule has 0 N–H and O–H groups in total. The number of hydrogen-bond donors (Lipinski definition) is 0. The monoisotopic (exact) mass is 401 g/mol. The van der Waals surface area contributed by atoms with E-state index in [1.165, 1.54) is 0 Å². The summed E-state index contributed by atoms with van der Waals surface area (Å²) in [4.78, 5) is 51.3. The zero-order valence-electron chi connectivity index (χ0n) is 10.6. The Bertz CT molecular complexity index is 768. The van der Waals surface area contributed by atoms with Crippen LogP contribution in [0.5, 0.6) is 0 Å². The van der Waals surface area contributed by atoms with E-state index in [0.717, 1.165) is 0 Å². The smallest absolute Gasteiger partial charge is 0.443 e. The molecule has 0 saturated carbocycles. The summed E-state index contributed by atoms with van der Waals surface area (Å²) >= 11 is 0. The van der Waals surface area contributed by atoms with Crippen molar-refractivity contribution in [3.05, 3.63) is 31.9 Å². The van der Waals surface area contributed by atoms with Gasteiger partial charge < -0.3 is 37.6 Å². The zero-order valence-corrected chi connectivity index (χ0v) is 13.7. The molecular weight excluding hydrogens is 401 g/mol. The maximum absolute atomic E-state index is 9.77. The Morgan fingerprint density at radius 2 is 1.42 bits per heavy atom. The van der Waals surface area contributed by atoms with Crippen LogP contribution in [0.25, 0.3) is 0 Å². The first kappa shape index (κ1) is 21.5. The third-order valence-electron chi connectivity index (χ3n) is 1.10. The summed E-state index contributed by atoms with van der Waals surface area (Å²) in [5.74, 6) is -2.75. The zero-order chi connectivity index (χ0) is 17.4. The van der Waals surface area contributed by atoms with Crippen molar-refractivity contribution in [3.8, 4) is 0 Å². The Morgan fingerprint density at radius 3 is 1.67 bits per heavy atom. The summed E-state index contributed by atoms with van der Waals surface area (Å²) in [5, 5.41) is 19.0. The van der Waals surface area contributed by atoms with E-state index in [-0.39, 0.29) is 42.8 Å². The van der Waals surface area contributed by atoms with Gasteiger partial charge in [-0.2, -0.15) is 18.7 Å². The molecular formula is C5CaNO16P. The summed E-state index contributed by atoms with van der Waals surface area (Å²) in [6.45, 7) is 0. The van der Waals surface area contributed by atoms with Crippen LogP contribution in [0.3, 0.4) is 0 Å². The van der Waals surface area contributed by atoms with Gasteiger partial charge in [0.25, 0.3) is 12.3 Å². The summed E-state index contributed by atoms with van der Waals surface area (Å²) in [5.41, 5.74) is 0. The fourth-order valence-corrected chi connectivity index (χ4v) is 0.969. The van der Waals surface area contributed by atoms with Crippen molar-refractivity contribution in [2.45, 2.75) is 0 Å². The number of hydrogen-bond acceptors (Lipinski definition) is 16. The third-order valence-corrected chi connectivity index (χ3v) is 1.99. The second-order valence-electron chi connectivity index (χ2n) is 2.48. The number of carbonyl (C=O) groups excluding carboxylic acids is 2. The first-order valence-electron chi connectivity index (χ1n) is 4.49. The number of aromatic nitrogens is 1. The molecule has 17 nitrogen and oxygen atoms in total. The molecule has 0 fully saturated rings. The average Bonchev–Trinajstić information content (AvgIpc) is 2.33. The summed E-state index contributed by atoms with van der Waals surface area (Å²) in [6, 6.07) is 0. The molecule has 0 aliphatic heterocycles. The van der Waals surface area contributed by atoms with Crippen molar-refractivity contribution < 1.29 is 60.5 Å². The molecule has 0 spiro atoms. The molecule has 3 heterocycles. The third kappa shape index (κ3) is 8.83. The maximum Gasteiger partial charge on any atom is 2.00 e. The molecule has 0 unspecified atom stereocenters. The van der Waals surface area contributed by atoms with Crippen LogP contribution in [0.4, 0.5) is 9.59 Å². The molecule has 0 atom stereocenters. The van der Waals surface area contributed by atoms with Gasteiger partial charge in [0, 0.05) is 0 Å². The minimum atomic E-state index is -1.99. The van der Waals surface area contributed by atoms with Crippen LogP contribution in [-0.2, 0) is 0 Å². The first-order chi connectivity index (χ1) is 10.8. The topological polar surface area (TPSA) is 247 Å². The second-order valence-corrected chi connectivity index (χ2v) is 3.47. The number of carboxylic acid groups (broad SMARTS) is 2. The average molecular weight is 401 g/mol. The SMILES string of the molecule is O=C([O-])On1oc(=O)o1.O=C([O-])Op1oc(=O)o1.O=c1ooo1.[Ca+2]. The molecule has 0 saturated heterocycles. The van der Waals surface area contributed by atoms with Gasteiger partial charge in [0.2, 0.25) is 0 Å². The van der Waals surface area contributed by atoms with Crippen LogP contribution >= 0.6 is 8.24 Å². The van der Waals surface area contributed by atoms with E-state index in [2.05, 4.69) is 40.7 Å². The van der Waals surface area contributed by atoms with Crippen LogP contribution in [-0.4, -0.2) is 55.1 Å². The van der Waals surface area contributed by atoms with Gasteiger partial charge in [-0.1, -0.05) is 4.74 Å². The first-order valence-corrected chi connectivity index (χ1v) is 5.59. The van der Waals surface area contributed by atoms with Crippen molar-refractivity contribution in [3.63, 3.8) is 0 Å². The Hall–Kier alpha value is -2.49. The summed E-state index contributed by atoms with van der Waals surface area (Å²) < 4.78 is 30.0. The Balaban J connectivity index is 0.000000337. The number of carbonyl (C=O) groups is 2. The molecule has 128 valence electrons. The molecule has 3 aromatic rings. The van der Waals surface area contributed by atoms with Crippen molar-refractivity contribution in [1.82, 2.24) is 5.08 Å². The van der Waals surface area contributed by atoms with E-state index in [1.54, 1.807) is 0 Å². The van der Waals surface area contributed by atoms with Crippen molar-refractivity contribution in [1.29, 1.82) is 0 Å². The summed E-state index contributed by atoms with van der Waals surface area (Å²) in [7, 11) is -1.99. The fraction of sp³-hybridized carbons (Fsp3) is 0. The largest absolute Gasteiger partial charge is 2.00 e. The molecule has 19 heteroatoms. The van der Waals surface area contributed by atoms with E-state index >= 15 is 0 Å². The van der Waals surface area contributed by atoms with Crippen LogP contribution in [0.1, 0.15) is 0 Å². The van der Waals surface area contributed by atoms with Crippen LogP contribution in [0.2, 0.25) is 0 Å².